The maximum absolute atomic E-state index is 11.0. The topological polar surface area (TPSA) is 54.4 Å². The molecule has 0 aromatic heterocycles. The van der Waals surface area contributed by atoms with E-state index in [9.17, 15) is 8.42 Å². The number of benzene rings is 1. The van der Waals surface area contributed by atoms with E-state index in [2.05, 4.69) is 0 Å². The average molecular weight is 283 g/mol. The van der Waals surface area contributed by atoms with Crippen LogP contribution in [0.1, 0.15) is 11.1 Å². The molecule has 1 aromatic rings. The first kappa shape index (κ1) is 13.8. The minimum Gasteiger partial charge on any atom is -0.282 e. The molecule has 0 saturated carbocycles. The third kappa shape index (κ3) is 3.94. The van der Waals surface area contributed by atoms with Crippen molar-refractivity contribution in [1.82, 2.24) is 0 Å². The van der Waals surface area contributed by atoms with Gasteiger partial charge in [-0.2, -0.15) is 8.42 Å². The summed E-state index contributed by atoms with van der Waals surface area (Å²) >= 11 is 11.2. The van der Waals surface area contributed by atoms with E-state index >= 15 is 0 Å². The molecule has 6 heteroatoms. The summed E-state index contributed by atoms with van der Waals surface area (Å²) in [5, 5.41) is 0. The van der Waals surface area contributed by atoms with Gasteiger partial charge in [-0.3, -0.25) is 4.55 Å². The fourth-order valence-corrected chi connectivity index (χ4v) is 2.42. The van der Waals surface area contributed by atoms with Crippen molar-refractivity contribution in [3.8, 4) is 0 Å². The number of hydrogen-bond acceptors (Lipinski definition) is 2. The molecule has 3 nitrogen and oxygen atoms in total. The highest BCUT2D eigenvalue weighted by atomic mass is 35.5. The van der Waals surface area contributed by atoms with Crippen LogP contribution in [0, 0.1) is 0 Å². The molecule has 0 heterocycles. The third-order valence-electron chi connectivity index (χ3n) is 2.09. The smallest absolute Gasteiger partial charge is 0.282 e. The fraction of sp³-hybridized carbons (Fsp3) is 0.400. The van der Waals surface area contributed by atoms with Crippen LogP contribution in [0.15, 0.2) is 23.1 Å². The van der Waals surface area contributed by atoms with Crippen LogP contribution in [-0.2, 0) is 23.0 Å². The highest BCUT2D eigenvalue weighted by Crippen LogP contribution is 2.17. The van der Waals surface area contributed by atoms with E-state index in [4.69, 9.17) is 27.8 Å². The Kier molecular flexibility index (Phi) is 5.05. The Labute approximate surface area is 105 Å². The molecule has 0 aliphatic rings. The lowest BCUT2D eigenvalue weighted by atomic mass is 10.1. The van der Waals surface area contributed by atoms with Crippen molar-refractivity contribution in [1.29, 1.82) is 0 Å². The molecule has 1 aromatic carbocycles. The predicted octanol–water partition coefficient (Wildman–Crippen LogP) is 2.50. The molecule has 16 heavy (non-hydrogen) atoms. The van der Waals surface area contributed by atoms with Gasteiger partial charge in [0.05, 0.1) is 4.90 Å². The molecule has 0 saturated heterocycles. The summed E-state index contributed by atoms with van der Waals surface area (Å²) in [4.78, 5) is -0.102. The second-order valence-corrected chi connectivity index (χ2v) is 5.52. The molecule has 0 aliphatic heterocycles. The van der Waals surface area contributed by atoms with Crippen molar-refractivity contribution in [2.45, 2.75) is 17.7 Å². The van der Waals surface area contributed by atoms with Gasteiger partial charge in [0.15, 0.2) is 0 Å². The van der Waals surface area contributed by atoms with Gasteiger partial charge in [-0.15, -0.1) is 23.2 Å². The van der Waals surface area contributed by atoms with E-state index in [-0.39, 0.29) is 4.90 Å². The van der Waals surface area contributed by atoms with Gasteiger partial charge in [-0.1, -0.05) is 6.07 Å². The zero-order chi connectivity index (χ0) is 12.2. The summed E-state index contributed by atoms with van der Waals surface area (Å²) < 4.78 is 31.1. The molecule has 0 aliphatic carbocycles. The van der Waals surface area contributed by atoms with E-state index in [0.29, 0.717) is 24.6 Å². The lowest BCUT2D eigenvalue weighted by Crippen LogP contribution is -2.02. The molecule has 0 fully saturated rings. The summed E-state index contributed by atoms with van der Waals surface area (Å²) in [7, 11) is -4.17. The van der Waals surface area contributed by atoms with Crippen LogP contribution in [0.25, 0.3) is 0 Å². The van der Waals surface area contributed by atoms with Crippen LogP contribution >= 0.6 is 23.2 Å². The highest BCUT2D eigenvalue weighted by molar-refractivity contribution is 7.85. The van der Waals surface area contributed by atoms with Crippen molar-refractivity contribution in [2.24, 2.45) is 0 Å². The number of hydrogen-bond donors (Lipinski definition) is 1. The molecule has 0 atom stereocenters. The zero-order valence-corrected chi connectivity index (χ0v) is 10.8. The van der Waals surface area contributed by atoms with Crippen molar-refractivity contribution in [3.63, 3.8) is 0 Å². The SMILES string of the molecule is O=S(=O)(O)c1cc(CCCl)cc(CCCl)c1. The van der Waals surface area contributed by atoms with E-state index in [1.165, 1.54) is 12.1 Å². The first-order valence-corrected chi connectivity index (χ1v) is 7.20. The highest BCUT2D eigenvalue weighted by Gasteiger charge is 2.11. The third-order valence-corrected chi connectivity index (χ3v) is 3.30. The normalized spacial score (nSPS) is 11.7. The molecule has 1 N–H and O–H groups in total. The summed E-state index contributed by atoms with van der Waals surface area (Å²) in [6, 6.07) is 4.70. The van der Waals surface area contributed by atoms with Crippen LogP contribution in [-0.4, -0.2) is 24.7 Å². The molecule has 90 valence electrons. The average Bonchev–Trinajstić information content (AvgIpc) is 2.17. The number of alkyl halides is 2. The largest absolute Gasteiger partial charge is 0.294 e. The second kappa shape index (κ2) is 5.87. The molecule has 1 rings (SSSR count). The fourth-order valence-electron chi connectivity index (χ4n) is 1.38. The first-order valence-electron chi connectivity index (χ1n) is 4.69. The van der Waals surface area contributed by atoms with Gasteiger partial charge in [-0.25, -0.2) is 0 Å². The van der Waals surface area contributed by atoms with Crippen LogP contribution in [0.4, 0.5) is 0 Å². The summed E-state index contributed by atoms with van der Waals surface area (Å²) in [5.74, 6) is 0.796. The molecule has 0 spiro atoms. The second-order valence-electron chi connectivity index (χ2n) is 3.34. The Balaban J connectivity index is 3.18. The van der Waals surface area contributed by atoms with E-state index in [0.717, 1.165) is 11.1 Å². The van der Waals surface area contributed by atoms with Crippen LogP contribution in [0.3, 0.4) is 0 Å². The Morgan fingerprint density at radius 1 is 1.00 bits per heavy atom. The summed E-state index contributed by atoms with van der Waals surface area (Å²) in [6.07, 6.45) is 1.11. The minimum atomic E-state index is -4.17. The maximum atomic E-state index is 11.0. The maximum Gasteiger partial charge on any atom is 0.294 e. The van der Waals surface area contributed by atoms with E-state index < -0.39 is 10.1 Å². The van der Waals surface area contributed by atoms with Gasteiger partial charge < -0.3 is 0 Å². The molecule has 0 bridgehead atoms. The van der Waals surface area contributed by atoms with Gasteiger partial charge in [0.25, 0.3) is 10.1 Å². The lowest BCUT2D eigenvalue weighted by Gasteiger charge is -2.06. The van der Waals surface area contributed by atoms with Gasteiger partial charge in [0, 0.05) is 11.8 Å². The molecule has 0 radical (unpaired) electrons. The zero-order valence-electron chi connectivity index (χ0n) is 8.49. The predicted molar refractivity (Wildman–Crippen MR) is 65.1 cm³/mol. The standard InChI is InChI=1S/C10H12Cl2O3S/c11-3-1-8-5-9(2-4-12)7-10(6-8)16(13,14)15/h5-7H,1-4H2,(H,13,14,15). The van der Waals surface area contributed by atoms with E-state index in [1.807, 2.05) is 6.07 Å². The molecule has 0 unspecified atom stereocenters. The van der Waals surface area contributed by atoms with Crippen LogP contribution in [0.5, 0.6) is 0 Å². The monoisotopic (exact) mass is 282 g/mol. The summed E-state index contributed by atoms with van der Waals surface area (Å²) in [6.45, 7) is 0. The minimum absolute atomic E-state index is 0.102. The molecule has 0 amide bonds. The van der Waals surface area contributed by atoms with Crippen molar-refractivity contribution >= 4 is 33.3 Å². The van der Waals surface area contributed by atoms with Gasteiger partial charge >= 0.3 is 0 Å². The van der Waals surface area contributed by atoms with Gasteiger partial charge in [0.2, 0.25) is 0 Å². The Bertz CT molecular complexity index is 433. The number of halogens is 2. The van der Waals surface area contributed by atoms with Crippen molar-refractivity contribution in [3.05, 3.63) is 29.3 Å². The molecular formula is C10H12Cl2O3S. The molecular weight excluding hydrogens is 271 g/mol. The lowest BCUT2D eigenvalue weighted by molar-refractivity contribution is 0.483. The Morgan fingerprint density at radius 2 is 1.44 bits per heavy atom. The van der Waals surface area contributed by atoms with Gasteiger partial charge in [-0.05, 0) is 36.1 Å². The Hall–Kier alpha value is -0.290. The van der Waals surface area contributed by atoms with Crippen LogP contribution in [0.2, 0.25) is 0 Å². The number of aryl methyl sites for hydroxylation is 2. The quantitative estimate of drug-likeness (QED) is 0.667. The van der Waals surface area contributed by atoms with Gasteiger partial charge in [0.1, 0.15) is 0 Å². The number of rotatable bonds is 5. The van der Waals surface area contributed by atoms with Crippen LogP contribution < -0.4 is 0 Å². The van der Waals surface area contributed by atoms with Crippen molar-refractivity contribution < 1.29 is 13.0 Å². The first-order chi connectivity index (χ1) is 7.47. The Morgan fingerprint density at radius 3 is 1.75 bits per heavy atom. The summed E-state index contributed by atoms with van der Waals surface area (Å²) in [5.41, 5.74) is 1.57. The van der Waals surface area contributed by atoms with Crippen molar-refractivity contribution in [2.75, 3.05) is 11.8 Å². The van der Waals surface area contributed by atoms with E-state index in [1.54, 1.807) is 0 Å².